The molecule has 1 aliphatic carbocycles. The van der Waals surface area contributed by atoms with Crippen LogP contribution in [0.4, 0.5) is 4.79 Å². The molecule has 140 valence electrons. The predicted octanol–water partition coefficient (Wildman–Crippen LogP) is 2.53. The van der Waals surface area contributed by atoms with Gasteiger partial charge in [0.1, 0.15) is 12.1 Å². The number of nitrogens with zero attached hydrogens (tertiary/aromatic N) is 2. The van der Waals surface area contributed by atoms with Crippen LogP contribution in [0, 0.1) is 5.92 Å². The van der Waals surface area contributed by atoms with Gasteiger partial charge in [-0.3, -0.25) is 14.5 Å². The molecule has 6 nitrogen and oxygen atoms in total. The third kappa shape index (κ3) is 3.32. The minimum absolute atomic E-state index is 0.0252. The highest BCUT2D eigenvalue weighted by Gasteiger charge is 2.58. The van der Waals surface area contributed by atoms with Gasteiger partial charge in [-0.1, -0.05) is 37.3 Å². The van der Waals surface area contributed by atoms with Gasteiger partial charge in [-0.2, -0.15) is 0 Å². The normalized spacial score (nSPS) is 22.7. The summed E-state index contributed by atoms with van der Waals surface area (Å²) < 4.78 is 0. The number of carbonyl (C=O) groups excluding carboxylic acids is 3. The SMILES string of the molecule is CC[C@@]1(C2CC2)NC(=O)N(CC(=O)N(Cc2ccccc2)C(C)C)C1=O. The quantitative estimate of drug-likeness (QED) is 0.763. The first-order chi connectivity index (χ1) is 12.4. The number of nitrogens with one attached hydrogen (secondary N) is 1. The number of amides is 4. The van der Waals surface area contributed by atoms with Gasteiger partial charge < -0.3 is 10.2 Å². The third-order valence-corrected chi connectivity index (χ3v) is 5.47. The van der Waals surface area contributed by atoms with Gasteiger partial charge in [0, 0.05) is 12.6 Å². The zero-order valence-corrected chi connectivity index (χ0v) is 15.7. The number of urea groups is 1. The average molecular weight is 357 g/mol. The Morgan fingerprint density at radius 3 is 2.46 bits per heavy atom. The van der Waals surface area contributed by atoms with Crippen molar-refractivity contribution < 1.29 is 14.4 Å². The van der Waals surface area contributed by atoms with Crippen LogP contribution in [0.15, 0.2) is 30.3 Å². The van der Waals surface area contributed by atoms with E-state index in [0.29, 0.717) is 13.0 Å². The van der Waals surface area contributed by atoms with Gasteiger partial charge in [0.05, 0.1) is 0 Å². The van der Waals surface area contributed by atoms with Crippen molar-refractivity contribution in [3.05, 3.63) is 35.9 Å². The Morgan fingerprint density at radius 1 is 1.27 bits per heavy atom. The van der Waals surface area contributed by atoms with E-state index in [1.165, 1.54) is 0 Å². The fraction of sp³-hybridized carbons (Fsp3) is 0.550. The summed E-state index contributed by atoms with van der Waals surface area (Å²) in [7, 11) is 0. The van der Waals surface area contributed by atoms with Crippen LogP contribution >= 0.6 is 0 Å². The molecule has 0 spiro atoms. The molecule has 1 atom stereocenters. The molecule has 1 aliphatic heterocycles. The topological polar surface area (TPSA) is 69.7 Å². The first-order valence-electron chi connectivity index (χ1n) is 9.36. The Balaban J connectivity index is 1.73. The highest BCUT2D eigenvalue weighted by atomic mass is 16.2. The number of rotatable bonds is 7. The smallest absolute Gasteiger partial charge is 0.325 e. The van der Waals surface area contributed by atoms with Crippen LogP contribution < -0.4 is 5.32 Å². The third-order valence-electron chi connectivity index (χ3n) is 5.47. The Kier molecular flexibility index (Phi) is 5.03. The van der Waals surface area contributed by atoms with E-state index >= 15 is 0 Å². The first-order valence-corrected chi connectivity index (χ1v) is 9.36. The lowest BCUT2D eigenvalue weighted by Crippen LogP contribution is -2.49. The number of imide groups is 1. The number of benzene rings is 1. The van der Waals surface area contributed by atoms with Gasteiger partial charge in [-0.15, -0.1) is 0 Å². The summed E-state index contributed by atoms with van der Waals surface area (Å²) in [6.07, 6.45) is 2.46. The molecule has 26 heavy (non-hydrogen) atoms. The summed E-state index contributed by atoms with van der Waals surface area (Å²) >= 11 is 0. The van der Waals surface area contributed by atoms with Gasteiger partial charge >= 0.3 is 6.03 Å². The Hall–Kier alpha value is -2.37. The first kappa shape index (κ1) is 18.4. The van der Waals surface area contributed by atoms with Gasteiger partial charge in [0.15, 0.2) is 0 Å². The van der Waals surface area contributed by atoms with Gasteiger partial charge in [-0.05, 0) is 44.6 Å². The maximum absolute atomic E-state index is 12.9. The van der Waals surface area contributed by atoms with E-state index in [1.807, 2.05) is 51.1 Å². The Labute approximate surface area is 154 Å². The molecule has 0 aromatic heterocycles. The monoisotopic (exact) mass is 357 g/mol. The molecule has 1 saturated heterocycles. The molecule has 3 rings (SSSR count). The van der Waals surface area contributed by atoms with E-state index in [-0.39, 0.29) is 30.3 Å². The zero-order chi connectivity index (χ0) is 18.9. The van der Waals surface area contributed by atoms with Crippen molar-refractivity contribution in [2.45, 2.75) is 58.2 Å². The maximum Gasteiger partial charge on any atom is 0.325 e. The summed E-state index contributed by atoms with van der Waals surface area (Å²) in [4.78, 5) is 41.0. The summed E-state index contributed by atoms with van der Waals surface area (Å²) in [6, 6.07) is 9.25. The summed E-state index contributed by atoms with van der Waals surface area (Å²) in [6.45, 7) is 6.05. The Bertz CT molecular complexity index is 700. The fourth-order valence-corrected chi connectivity index (χ4v) is 3.73. The maximum atomic E-state index is 12.9. The second-order valence-corrected chi connectivity index (χ2v) is 7.52. The van der Waals surface area contributed by atoms with Crippen molar-refractivity contribution in [1.29, 1.82) is 0 Å². The van der Waals surface area contributed by atoms with E-state index in [4.69, 9.17) is 0 Å². The van der Waals surface area contributed by atoms with Crippen LogP contribution in [0.25, 0.3) is 0 Å². The summed E-state index contributed by atoms with van der Waals surface area (Å²) in [5.41, 5.74) is 0.215. The van der Waals surface area contributed by atoms with Crippen molar-refractivity contribution in [1.82, 2.24) is 15.1 Å². The number of hydrogen-bond donors (Lipinski definition) is 1. The molecule has 0 unspecified atom stereocenters. The summed E-state index contributed by atoms with van der Waals surface area (Å²) in [5, 5.41) is 2.87. The molecular weight excluding hydrogens is 330 g/mol. The fourth-order valence-electron chi connectivity index (χ4n) is 3.73. The molecule has 1 heterocycles. The van der Waals surface area contributed by atoms with Gasteiger partial charge in [-0.25, -0.2) is 4.79 Å². The standard InChI is InChI=1S/C20H27N3O3/c1-4-20(16-10-11-16)18(25)23(19(26)21-20)13-17(24)22(14(2)3)12-15-8-6-5-7-9-15/h5-9,14,16H,4,10-13H2,1-3H3,(H,21,26)/t20-/m0/s1. The van der Waals surface area contributed by atoms with Crippen LogP contribution in [0.5, 0.6) is 0 Å². The Morgan fingerprint density at radius 2 is 1.92 bits per heavy atom. The zero-order valence-electron chi connectivity index (χ0n) is 15.7. The van der Waals surface area contributed by atoms with E-state index in [1.54, 1.807) is 4.90 Å². The lowest BCUT2D eigenvalue weighted by Gasteiger charge is -2.29. The van der Waals surface area contributed by atoms with E-state index < -0.39 is 11.6 Å². The van der Waals surface area contributed by atoms with Crippen LogP contribution in [-0.4, -0.2) is 45.8 Å². The van der Waals surface area contributed by atoms with Crippen LogP contribution in [0.2, 0.25) is 0 Å². The van der Waals surface area contributed by atoms with Crippen LogP contribution in [-0.2, 0) is 16.1 Å². The molecule has 4 amide bonds. The molecule has 0 radical (unpaired) electrons. The molecule has 1 saturated carbocycles. The molecule has 0 bridgehead atoms. The largest absolute Gasteiger partial charge is 0.334 e. The highest BCUT2D eigenvalue weighted by Crippen LogP contribution is 2.44. The van der Waals surface area contributed by atoms with E-state index in [2.05, 4.69) is 5.32 Å². The van der Waals surface area contributed by atoms with Crippen LogP contribution in [0.1, 0.15) is 45.6 Å². The number of carbonyl (C=O) groups is 3. The second kappa shape index (κ2) is 7.09. The van der Waals surface area contributed by atoms with Crippen molar-refractivity contribution >= 4 is 17.8 Å². The summed E-state index contributed by atoms with van der Waals surface area (Å²) in [5.74, 6) is -0.256. The van der Waals surface area contributed by atoms with Crippen LogP contribution in [0.3, 0.4) is 0 Å². The minimum atomic E-state index is -0.806. The van der Waals surface area contributed by atoms with E-state index in [0.717, 1.165) is 23.3 Å². The molecule has 1 aromatic rings. The minimum Gasteiger partial charge on any atom is -0.334 e. The van der Waals surface area contributed by atoms with E-state index in [9.17, 15) is 14.4 Å². The molecule has 6 heteroatoms. The van der Waals surface area contributed by atoms with Gasteiger partial charge in [0.2, 0.25) is 5.91 Å². The molecule has 1 aromatic carbocycles. The lowest BCUT2D eigenvalue weighted by atomic mass is 9.90. The van der Waals surface area contributed by atoms with Crippen molar-refractivity contribution in [3.8, 4) is 0 Å². The highest BCUT2D eigenvalue weighted by molar-refractivity contribution is 6.09. The molecule has 2 aliphatic rings. The molecule has 2 fully saturated rings. The predicted molar refractivity (Wildman–Crippen MR) is 98.1 cm³/mol. The average Bonchev–Trinajstić information content (AvgIpc) is 3.44. The number of hydrogen-bond acceptors (Lipinski definition) is 3. The van der Waals surface area contributed by atoms with Crippen molar-refractivity contribution in [2.24, 2.45) is 5.92 Å². The second-order valence-electron chi connectivity index (χ2n) is 7.52. The van der Waals surface area contributed by atoms with Crippen molar-refractivity contribution in [3.63, 3.8) is 0 Å². The van der Waals surface area contributed by atoms with Crippen molar-refractivity contribution in [2.75, 3.05) is 6.54 Å². The lowest BCUT2D eigenvalue weighted by molar-refractivity contribution is -0.140. The van der Waals surface area contributed by atoms with Gasteiger partial charge in [0.25, 0.3) is 5.91 Å². The molecule has 1 N–H and O–H groups in total. The molecular formula is C20H27N3O3.